The molecule has 0 spiro atoms. The first-order chi connectivity index (χ1) is 13.0. The van der Waals surface area contributed by atoms with E-state index in [1.54, 1.807) is 0 Å². The number of nitrogens with zero attached hydrogens (tertiary/aromatic N) is 4. The van der Waals surface area contributed by atoms with Gasteiger partial charge in [0, 0.05) is 23.6 Å². The standard InChI is InChI=1S/C18H16ClF3N4O/c1-27-11-6-12(21)14(13(22)7-11)15-16(9-3-2-4-10(20)5-9)26-18(23-8-24-26)25-17(15)19/h6-10H,2-5H2,1H3. The van der Waals surface area contributed by atoms with Crippen molar-refractivity contribution in [1.29, 1.82) is 0 Å². The van der Waals surface area contributed by atoms with E-state index in [-0.39, 0.29) is 40.1 Å². The summed E-state index contributed by atoms with van der Waals surface area (Å²) in [7, 11) is 1.32. The lowest BCUT2D eigenvalue weighted by Crippen LogP contribution is -2.19. The van der Waals surface area contributed by atoms with E-state index in [2.05, 4.69) is 15.1 Å². The number of halogens is 4. The van der Waals surface area contributed by atoms with Crippen LogP contribution in [0.25, 0.3) is 16.9 Å². The molecular formula is C18H16ClF3N4O. The molecule has 0 saturated heterocycles. The van der Waals surface area contributed by atoms with Crippen LogP contribution in [-0.2, 0) is 0 Å². The van der Waals surface area contributed by atoms with Gasteiger partial charge in [0.05, 0.1) is 18.4 Å². The highest BCUT2D eigenvalue weighted by Gasteiger charge is 2.32. The maximum atomic E-state index is 14.8. The lowest BCUT2D eigenvalue weighted by atomic mass is 9.83. The zero-order chi connectivity index (χ0) is 19.1. The Balaban J connectivity index is 2.01. The van der Waals surface area contributed by atoms with Gasteiger partial charge in [0.1, 0.15) is 35.0 Å². The van der Waals surface area contributed by atoms with Gasteiger partial charge in [-0.3, -0.25) is 0 Å². The summed E-state index contributed by atoms with van der Waals surface area (Å²) in [6.07, 6.45) is 2.30. The number of ether oxygens (including phenoxy) is 1. The van der Waals surface area contributed by atoms with Gasteiger partial charge < -0.3 is 4.74 Å². The Morgan fingerprint density at radius 1 is 1.19 bits per heavy atom. The lowest BCUT2D eigenvalue weighted by Gasteiger charge is -2.27. The van der Waals surface area contributed by atoms with Crippen molar-refractivity contribution in [3.63, 3.8) is 0 Å². The quantitative estimate of drug-likeness (QED) is 0.601. The number of fused-ring (bicyclic) bond motifs is 1. The van der Waals surface area contributed by atoms with Crippen LogP contribution in [0, 0.1) is 11.6 Å². The minimum atomic E-state index is -0.993. The SMILES string of the molecule is COc1cc(F)c(-c2c(Cl)nc3ncnn3c2C2CCCC(F)C2)c(F)c1. The van der Waals surface area contributed by atoms with Crippen molar-refractivity contribution in [2.45, 2.75) is 37.8 Å². The largest absolute Gasteiger partial charge is 0.497 e. The van der Waals surface area contributed by atoms with Gasteiger partial charge in [-0.05, 0) is 25.7 Å². The Morgan fingerprint density at radius 3 is 2.59 bits per heavy atom. The highest BCUT2D eigenvalue weighted by molar-refractivity contribution is 6.32. The molecular weight excluding hydrogens is 381 g/mol. The highest BCUT2D eigenvalue weighted by atomic mass is 35.5. The Hall–Kier alpha value is -2.35. The highest BCUT2D eigenvalue weighted by Crippen LogP contribution is 2.43. The van der Waals surface area contributed by atoms with Crippen LogP contribution < -0.4 is 4.74 Å². The van der Waals surface area contributed by atoms with Gasteiger partial charge in [-0.25, -0.2) is 17.7 Å². The first-order valence-electron chi connectivity index (χ1n) is 8.56. The van der Waals surface area contributed by atoms with Crippen molar-refractivity contribution < 1.29 is 17.9 Å². The molecule has 1 aliphatic rings. The molecule has 0 radical (unpaired) electrons. The van der Waals surface area contributed by atoms with Crippen LogP contribution in [0.15, 0.2) is 18.5 Å². The van der Waals surface area contributed by atoms with Gasteiger partial charge in [0.15, 0.2) is 0 Å². The number of hydrogen-bond donors (Lipinski definition) is 0. The third-order valence-corrected chi connectivity index (χ3v) is 5.19. The zero-order valence-corrected chi connectivity index (χ0v) is 15.2. The summed E-state index contributed by atoms with van der Waals surface area (Å²) in [5, 5.41) is 4.03. The second-order valence-corrected chi connectivity index (χ2v) is 6.92. The minimum absolute atomic E-state index is 0.0442. The fourth-order valence-electron chi connectivity index (χ4n) is 3.73. The third-order valence-electron chi connectivity index (χ3n) is 4.92. The van der Waals surface area contributed by atoms with E-state index in [1.807, 2.05) is 0 Å². The zero-order valence-electron chi connectivity index (χ0n) is 14.4. The molecule has 142 valence electrons. The predicted octanol–water partition coefficient (Wildman–Crippen LogP) is 4.73. The number of benzene rings is 1. The topological polar surface area (TPSA) is 52.3 Å². The van der Waals surface area contributed by atoms with Gasteiger partial charge >= 0.3 is 0 Å². The Labute approximate surface area is 158 Å². The van der Waals surface area contributed by atoms with E-state index < -0.39 is 17.8 Å². The van der Waals surface area contributed by atoms with Crippen LogP contribution in [0.2, 0.25) is 5.15 Å². The van der Waals surface area contributed by atoms with Gasteiger partial charge in [0.25, 0.3) is 5.78 Å². The molecule has 1 fully saturated rings. The molecule has 1 aliphatic carbocycles. The van der Waals surface area contributed by atoms with Crippen LogP contribution in [0.5, 0.6) is 5.75 Å². The maximum Gasteiger partial charge on any atom is 0.253 e. The summed E-state index contributed by atoms with van der Waals surface area (Å²) < 4.78 is 50.0. The number of rotatable bonds is 3. The lowest BCUT2D eigenvalue weighted by molar-refractivity contribution is 0.229. The fourth-order valence-corrected chi connectivity index (χ4v) is 4.00. The molecule has 5 nitrogen and oxygen atoms in total. The summed E-state index contributed by atoms with van der Waals surface area (Å²) in [6.45, 7) is 0. The Morgan fingerprint density at radius 2 is 1.93 bits per heavy atom. The summed E-state index contributed by atoms with van der Waals surface area (Å²) in [6, 6.07) is 2.14. The average Bonchev–Trinajstić information content (AvgIpc) is 3.08. The second kappa shape index (κ2) is 6.99. The van der Waals surface area contributed by atoms with Crippen LogP contribution >= 0.6 is 11.6 Å². The molecule has 2 aromatic heterocycles. The Bertz CT molecular complexity index is 987. The van der Waals surface area contributed by atoms with Gasteiger partial charge in [-0.15, -0.1) is 0 Å². The summed E-state index contributed by atoms with van der Waals surface area (Å²) in [5.41, 5.74) is 0.168. The Kier molecular flexibility index (Phi) is 4.67. The average molecular weight is 397 g/mol. The van der Waals surface area contributed by atoms with Crippen LogP contribution in [0.4, 0.5) is 13.2 Å². The van der Waals surface area contributed by atoms with Crippen molar-refractivity contribution in [1.82, 2.24) is 19.6 Å². The number of aromatic nitrogens is 4. The first kappa shape index (κ1) is 18.0. The van der Waals surface area contributed by atoms with Crippen molar-refractivity contribution in [3.8, 4) is 16.9 Å². The number of hydrogen-bond acceptors (Lipinski definition) is 4. The molecule has 2 unspecified atom stereocenters. The summed E-state index contributed by atoms with van der Waals surface area (Å²) in [4.78, 5) is 8.12. The number of alkyl halides is 1. The summed E-state index contributed by atoms with van der Waals surface area (Å²) in [5.74, 6) is -1.75. The molecule has 2 atom stereocenters. The molecule has 0 amide bonds. The molecule has 0 N–H and O–H groups in total. The van der Waals surface area contributed by atoms with E-state index in [4.69, 9.17) is 16.3 Å². The molecule has 0 aliphatic heterocycles. The van der Waals surface area contributed by atoms with Crippen molar-refractivity contribution in [2.24, 2.45) is 0 Å². The van der Waals surface area contributed by atoms with Gasteiger partial charge in [0.2, 0.25) is 0 Å². The molecule has 2 heterocycles. The van der Waals surface area contributed by atoms with E-state index in [0.29, 0.717) is 25.0 Å². The van der Waals surface area contributed by atoms with Gasteiger partial charge in [-0.1, -0.05) is 11.6 Å². The van der Waals surface area contributed by atoms with Gasteiger partial charge in [-0.2, -0.15) is 15.1 Å². The molecule has 9 heteroatoms. The molecule has 1 aromatic carbocycles. The maximum absolute atomic E-state index is 14.8. The monoisotopic (exact) mass is 396 g/mol. The van der Waals surface area contributed by atoms with Crippen molar-refractivity contribution in [3.05, 3.63) is 40.9 Å². The van der Waals surface area contributed by atoms with E-state index in [9.17, 15) is 13.2 Å². The van der Waals surface area contributed by atoms with Crippen molar-refractivity contribution >= 4 is 17.4 Å². The van der Waals surface area contributed by atoms with Crippen molar-refractivity contribution in [2.75, 3.05) is 7.11 Å². The first-order valence-corrected chi connectivity index (χ1v) is 8.94. The summed E-state index contributed by atoms with van der Waals surface area (Å²) >= 11 is 6.32. The predicted molar refractivity (Wildman–Crippen MR) is 93.8 cm³/mol. The number of methoxy groups -OCH3 is 1. The van der Waals surface area contributed by atoms with Crippen LogP contribution in [0.3, 0.4) is 0 Å². The van der Waals surface area contributed by atoms with E-state index in [0.717, 1.165) is 12.1 Å². The van der Waals surface area contributed by atoms with E-state index >= 15 is 0 Å². The smallest absolute Gasteiger partial charge is 0.253 e. The molecule has 4 rings (SSSR count). The minimum Gasteiger partial charge on any atom is -0.497 e. The van der Waals surface area contributed by atoms with E-state index in [1.165, 1.54) is 18.0 Å². The second-order valence-electron chi connectivity index (χ2n) is 6.56. The van der Waals surface area contributed by atoms with Crippen LogP contribution in [0.1, 0.15) is 37.3 Å². The molecule has 3 aromatic rings. The molecule has 1 saturated carbocycles. The normalized spacial score (nSPS) is 20.2. The molecule has 27 heavy (non-hydrogen) atoms. The third kappa shape index (κ3) is 3.12. The fraction of sp³-hybridized carbons (Fsp3) is 0.389. The molecule has 0 bridgehead atoms. The van der Waals surface area contributed by atoms with Crippen LogP contribution in [-0.4, -0.2) is 32.9 Å².